The lowest BCUT2D eigenvalue weighted by Gasteiger charge is -2.27. The van der Waals surface area contributed by atoms with Crippen LogP contribution >= 0.6 is 0 Å². The van der Waals surface area contributed by atoms with Crippen LogP contribution in [0.2, 0.25) is 0 Å². The van der Waals surface area contributed by atoms with Crippen LogP contribution < -0.4 is 19.9 Å². The molecule has 218 valence electrons. The number of nitrogens with zero attached hydrogens (tertiary/aromatic N) is 7. The SMILES string of the molecule is COc1cc(OC)c(F)c(N(Cc2nccn2S(=O)(=O)N(C)C)c2ccc3ncn(-c4cccnc4)c(=O)c3c2)c1F. The number of rotatable bonds is 9. The van der Waals surface area contributed by atoms with Gasteiger partial charge in [0.1, 0.15) is 17.8 Å². The topological polar surface area (TPSA) is 125 Å². The van der Waals surface area contributed by atoms with Crippen molar-refractivity contribution >= 4 is 32.5 Å². The Kier molecular flexibility index (Phi) is 7.62. The first-order valence-corrected chi connectivity index (χ1v) is 13.7. The van der Waals surface area contributed by atoms with E-state index in [1.165, 1.54) is 76.0 Å². The minimum atomic E-state index is -4.04. The molecule has 2 aromatic carbocycles. The van der Waals surface area contributed by atoms with Crippen molar-refractivity contribution < 1.29 is 26.7 Å². The Hall–Kier alpha value is -4.89. The normalized spacial score (nSPS) is 11.7. The molecule has 0 saturated carbocycles. The number of fused-ring (bicyclic) bond motifs is 1. The number of hydrogen-bond donors (Lipinski definition) is 0. The lowest BCUT2D eigenvalue weighted by molar-refractivity contribution is 0.358. The van der Waals surface area contributed by atoms with Gasteiger partial charge >= 0.3 is 10.2 Å². The largest absolute Gasteiger partial charge is 0.493 e. The van der Waals surface area contributed by atoms with Crippen LogP contribution in [0.3, 0.4) is 0 Å². The van der Waals surface area contributed by atoms with E-state index in [4.69, 9.17) is 9.47 Å². The van der Waals surface area contributed by atoms with Crippen LogP contribution in [0.25, 0.3) is 16.6 Å². The highest BCUT2D eigenvalue weighted by Gasteiger charge is 2.29. The van der Waals surface area contributed by atoms with Gasteiger partial charge in [-0.25, -0.2) is 22.7 Å². The van der Waals surface area contributed by atoms with Gasteiger partial charge in [0.15, 0.2) is 23.1 Å². The van der Waals surface area contributed by atoms with Crippen LogP contribution in [0.15, 0.2) is 72.3 Å². The molecule has 15 heteroatoms. The van der Waals surface area contributed by atoms with Crippen LogP contribution in [0.4, 0.5) is 20.2 Å². The molecule has 3 heterocycles. The number of benzene rings is 2. The summed E-state index contributed by atoms with van der Waals surface area (Å²) in [6, 6.07) is 8.83. The molecule has 0 saturated heterocycles. The smallest absolute Gasteiger partial charge is 0.308 e. The fourth-order valence-electron chi connectivity index (χ4n) is 4.33. The zero-order valence-corrected chi connectivity index (χ0v) is 23.7. The minimum absolute atomic E-state index is 0.0664. The standard InChI is InChI=1S/C27H25F2N7O5S/c1-33(2)42(38,39)36-11-10-31-23(36)15-34(26-24(28)21(40-3)13-22(41-4)25(26)29)17-7-8-20-19(12-17)27(37)35(16-32-20)18-6-5-9-30-14-18/h5-14,16H,15H2,1-4H3. The van der Waals surface area contributed by atoms with Crippen molar-refractivity contribution in [2.24, 2.45) is 0 Å². The Labute approximate surface area is 239 Å². The summed E-state index contributed by atoms with van der Waals surface area (Å²) < 4.78 is 71.1. The number of ether oxygens (including phenoxy) is 2. The average molecular weight is 598 g/mol. The molecule has 0 spiro atoms. The molecular weight excluding hydrogens is 572 g/mol. The third-order valence-electron chi connectivity index (χ3n) is 6.49. The second kappa shape index (κ2) is 11.2. The second-order valence-electron chi connectivity index (χ2n) is 9.11. The van der Waals surface area contributed by atoms with Gasteiger partial charge < -0.3 is 14.4 Å². The predicted molar refractivity (Wildman–Crippen MR) is 151 cm³/mol. The first-order valence-electron chi connectivity index (χ1n) is 12.3. The summed E-state index contributed by atoms with van der Waals surface area (Å²) in [5.74, 6) is -2.87. The number of pyridine rings is 1. The molecule has 0 amide bonds. The fourth-order valence-corrected chi connectivity index (χ4v) is 5.26. The van der Waals surface area contributed by atoms with Gasteiger partial charge in [0.2, 0.25) is 0 Å². The first kappa shape index (κ1) is 28.6. The number of imidazole rings is 1. The summed E-state index contributed by atoms with van der Waals surface area (Å²) in [6.45, 7) is -0.438. The Bertz CT molecular complexity index is 1920. The first-order chi connectivity index (χ1) is 20.1. The highest BCUT2D eigenvalue weighted by molar-refractivity contribution is 7.87. The van der Waals surface area contributed by atoms with Gasteiger partial charge in [-0.05, 0) is 30.3 Å². The molecule has 0 N–H and O–H groups in total. The van der Waals surface area contributed by atoms with Crippen LogP contribution in [0.5, 0.6) is 11.5 Å². The summed E-state index contributed by atoms with van der Waals surface area (Å²) in [5.41, 5.74) is -0.154. The maximum absolute atomic E-state index is 15.9. The van der Waals surface area contributed by atoms with Gasteiger partial charge in [-0.3, -0.25) is 14.3 Å². The summed E-state index contributed by atoms with van der Waals surface area (Å²) >= 11 is 0. The number of halogens is 2. The third kappa shape index (κ3) is 4.92. The van der Waals surface area contributed by atoms with E-state index >= 15 is 8.78 Å². The van der Waals surface area contributed by atoms with Crippen molar-refractivity contribution in [1.29, 1.82) is 0 Å². The van der Waals surface area contributed by atoms with Crippen molar-refractivity contribution in [1.82, 2.24) is 27.8 Å². The number of aromatic nitrogens is 5. The molecule has 5 rings (SSSR count). The molecule has 0 fully saturated rings. The van der Waals surface area contributed by atoms with E-state index < -0.39 is 39.6 Å². The van der Waals surface area contributed by atoms with Crippen LogP contribution in [0.1, 0.15) is 5.82 Å². The van der Waals surface area contributed by atoms with E-state index in [0.29, 0.717) is 11.2 Å². The molecular formula is C27H25F2N7O5S. The quantitative estimate of drug-likeness (QED) is 0.252. The summed E-state index contributed by atoms with van der Waals surface area (Å²) in [5, 5.41) is 0.129. The zero-order chi connectivity index (χ0) is 30.2. The van der Waals surface area contributed by atoms with Gasteiger partial charge in [-0.2, -0.15) is 12.7 Å². The lowest BCUT2D eigenvalue weighted by Crippen LogP contribution is -2.31. The molecule has 42 heavy (non-hydrogen) atoms. The Balaban J connectivity index is 1.76. The molecule has 0 aliphatic carbocycles. The minimum Gasteiger partial charge on any atom is -0.493 e. The maximum atomic E-state index is 15.9. The number of anilines is 2. The summed E-state index contributed by atoms with van der Waals surface area (Å²) in [7, 11) is 1.06. The molecule has 0 bridgehead atoms. The fraction of sp³-hybridized carbons (Fsp3) is 0.185. The van der Waals surface area contributed by atoms with Gasteiger partial charge in [0.25, 0.3) is 5.56 Å². The zero-order valence-electron chi connectivity index (χ0n) is 22.9. The van der Waals surface area contributed by atoms with E-state index in [-0.39, 0.29) is 28.4 Å². The van der Waals surface area contributed by atoms with E-state index in [2.05, 4.69) is 15.0 Å². The monoisotopic (exact) mass is 597 g/mol. The molecule has 0 aliphatic heterocycles. The van der Waals surface area contributed by atoms with Crippen molar-refractivity contribution in [3.8, 4) is 17.2 Å². The predicted octanol–water partition coefficient (Wildman–Crippen LogP) is 3.27. The highest BCUT2D eigenvalue weighted by atomic mass is 32.2. The van der Waals surface area contributed by atoms with Crippen LogP contribution in [-0.2, 0) is 16.8 Å². The Morgan fingerprint density at radius 1 is 0.976 bits per heavy atom. The molecule has 3 aromatic heterocycles. The molecule has 0 aliphatic rings. The number of hydrogen-bond acceptors (Lipinski definition) is 9. The van der Waals surface area contributed by atoms with Gasteiger partial charge in [-0.15, -0.1) is 0 Å². The Morgan fingerprint density at radius 2 is 1.69 bits per heavy atom. The van der Waals surface area contributed by atoms with Crippen molar-refractivity contribution in [2.75, 3.05) is 33.2 Å². The molecule has 0 unspecified atom stereocenters. The van der Waals surface area contributed by atoms with Crippen molar-refractivity contribution in [3.05, 3.63) is 95.3 Å². The van der Waals surface area contributed by atoms with Crippen molar-refractivity contribution in [3.63, 3.8) is 0 Å². The molecule has 12 nitrogen and oxygen atoms in total. The summed E-state index contributed by atoms with van der Waals surface area (Å²) in [4.78, 5) is 27.2. The van der Waals surface area contributed by atoms with Gasteiger partial charge in [-0.1, -0.05) is 0 Å². The molecule has 0 radical (unpaired) electrons. The average Bonchev–Trinajstić information content (AvgIpc) is 3.46. The molecule has 5 aromatic rings. The number of methoxy groups -OCH3 is 2. The van der Waals surface area contributed by atoms with E-state index in [0.717, 1.165) is 19.2 Å². The van der Waals surface area contributed by atoms with E-state index in [1.54, 1.807) is 18.3 Å². The van der Waals surface area contributed by atoms with Gasteiger partial charge in [0, 0.05) is 44.4 Å². The van der Waals surface area contributed by atoms with Crippen molar-refractivity contribution in [2.45, 2.75) is 6.54 Å². The molecule has 0 atom stereocenters. The van der Waals surface area contributed by atoms with Crippen LogP contribution in [-0.4, -0.2) is 64.5 Å². The third-order valence-corrected chi connectivity index (χ3v) is 8.24. The van der Waals surface area contributed by atoms with Crippen LogP contribution in [0, 0.1) is 11.6 Å². The van der Waals surface area contributed by atoms with Gasteiger partial charge in [0.05, 0.1) is 43.6 Å². The highest BCUT2D eigenvalue weighted by Crippen LogP contribution is 2.41. The lowest BCUT2D eigenvalue weighted by atomic mass is 10.1. The summed E-state index contributed by atoms with van der Waals surface area (Å²) in [6.07, 6.45) is 6.88. The second-order valence-corrected chi connectivity index (χ2v) is 11.1. The van der Waals surface area contributed by atoms with E-state index in [1.807, 2.05) is 0 Å². The maximum Gasteiger partial charge on any atom is 0.308 e. The Morgan fingerprint density at radius 3 is 2.31 bits per heavy atom. The van der Waals surface area contributed by atoms with E-state index in [9.17, 15) is 13.2 Å².